The molecule has 1 rings (SSSR count). The minimum atomic E-state index is 0.449. The molecule has 0 radical (unpaired) electrons. The zero-order valence-corrected chi connectivity index (χ0v) is 21.1. The molecular formula is C24H51N5O2. The van der Waals surface area contributed by atoms with Crippen molar-refractivity contribution in [2.45, 2.75) is 40.5 Å². The standard InChI is InChI=1S/C13H29N3O.C11H22N2O/c1-13(2)12-16-7-5-15(6-8-16)9-11-17-10-3-4-14;1-11(2)10-13(3)7-5-9-14-8-4-6-12/h13H,3-12,14H2,1-2H3;11H,5,7-10,12H2,1-3H3. The quantitative estimate of drug-likeness (QED) is 0.227. The molecular weight excluding hydrogens is 390 g/mol. The summed E-state index contributed by atoms with van der Waals surface area (Å²) >= 11 is 0. The van der Waals surface area contributed by atoms with Crippen LogP contribution in [0, 0.1) is 23.8 Å². The van der Waals surface area contributed by atoms with Gasteiger partial charge in [-0.25, -0.2) is 0 Å². The Labute approximate surface area is 192 Å². The fourth-order valence-electron chi connectivity index (χ4n) is 3.51. The molecule has 1 fully saturated rings. The van der Waals surface area contributed by atoms with E-state index in [0.29, 0.717) is 6.61 Å². The molecule has 0 unspecified atom stereocenters. The van der Waals surface area contributed by atoms with Gasteiger partial charge in [-0.15, -0.1) is 0 Å². The Balaban J connectivity index is 0.000000594. The smallest absolute Gasteiger partial charge is 0.109 e. The maximum Gasteiger partial charge on any atom is 0.109 e. The molecule has 1 saturated heterocycles. The van der Waals surface area contributed by atoms with Crippen LogP contribution in [-0.2, 0) is 9.47 Å². The molecule has 0 aromatic carbocycles. The average molecular weight is 442 g/mol. The van der Waals surface area contributed by atoms with E-state index in [2.05, 4.69) is 61.4 Å². The van der Waals surface area contributed by atoms with Crippen LogP contribution < -0.4 is 11.5 Å². The third kappa shape index (κ3) is 20.8. The molecule has 1 aliphatic rings. The predicted molar refractivity (Wildman–Crippen MR) is 132 cm³/mol. The van der Waals surface area contributed by atoms with E-state index in [-0.39, 0.29) is 0 Å². The van der Waals surface area contributed by atoms with Crippen molar-refractivity contribution in [1.82, 2.24) is 14.7 Å². The second-order valence-corrected chi connectivity index (χ2v) is 9.17. The van der Waals surface area contributed by atoms with Crippen LogP contribution in [0.2, 0.25) is 0 Å². The van der Waals surface area contributed by atoms with Gasteiger partial charge in [-0.2, -0.15) is 0 Å². The van der Waals surface area contributed by atoms with Crippen molar-refractivity contribution in [3.8, 4) is 12.0 Å². The van der Waals surface area contributed by atoms with Crippen LogP contribution in [0.5, 0.6) is 0 Å². The molecule has 1 heterocycles. The Kier molecular flexibility index (Phi) is 20.4. The Morgan fingerprint density at radius 3 is 2.13 bits per heavy atom. The Morgan fingerprint density at radius 1 is 0.903 bits per heavy atom. The Hall–Kier alpha value is -0.880. The molecule has 0 aromatic rings. The summed E-state index contributed by atoms with van der Waals surface area (Å²) in [6, 6.07) is 2.31. The number of piperazine rings is 1. The van der Waals surface area contributed by atoms with Crippen LogP contribution in [0.4, 0.5) is 0 Å². The van der Waals surface area contributed by atoms with Crippen LogP contribution >= 0.6 is 0 Å². The van der Waals surface area contributed by atoms with Crippen LogP contribution in [0.15, 0.2) is 0 Å². The first-order valence-electron chi connectivity index (χ1n) is 12.1. The zero-order chi connectivity index (χ0) is 23.3. The van der Waals surface area contributed by atoms with Gasteiger partial charge in [0.25, 0.3) is 0 Å². The predicted octanol–water partition coefficient (Wildman–Crippen LogP) is 1.53. The average Bonchev–Trinajstić information content (AvgIpc) is 2.71. The van der Waals surface area contributed by atoms with Crippen molar-refractivity contribution < 1.29 is 9.47 Å². The van der Waals surface area contributed by atoms with Crippen LogP contribution in [0.3, 0.4) is 0 Å². The van der Waals surface area contributed by atoms with Gasteiger partial charge in [-0.1, -0.05) is 33.6 Å². The minimum absolute atomic E-state index is 0.449. The first-order valence-corrected chi connectivity index (χ1v) is 12.1. The van der Waals surface area contributed by atoms with Gasteiger partial charge in [0.15, 0.2) is 0 Å². The van der Waals surface area contributed by atoms with E-state index < -0.39 is 0 Å². The van der Waals surface area contributed by atoms with Crippen molar-refractivity contribution in [2.75, 3.05) is 92.4 Å². The molecule has 0 aliphatic carbocycles. The third-order valence-electron chi connectivity index (χ3n) is 4.91. The molecule has 7 nitrogen and oxygen atoms in total. The van der Waals surface area contributed by atoms with E-state index in [1.807, 2.05) is 0 Å². The topological polar surface area (TPSA) is 80.2 Å². The normalized spacial score (nSPS) is 15.1. The summed E-state index contributed by atoms with van der Waals surface area (Å²) in [5, 5.41) is 0. The maximum atomic E-state index is 5.53. The maximum absolute atomic E-state index is 5.53. The first-order chi connectivity index (χ1) is 14.9. The van der Waals surface area contributed by atoms with Gasteiger partial charge in [-0.05, 0) is 38.3 Å². The zero-order valence-electron chi connectivity index (χ0n) is 21.1. The molecule has 4 N–H and O–H groups in total. The molecule has 0 atom stereocenters. The van der Waals surface area contributed by atoms with Gasteiger partial charge < -0.3 is 30.7 Å². The number of hydrogen-bond donors (Lipinski definition) is 2. The second kappa shape index (κ2) is 21.0. The summed E-state index contributed by atoms with van der Waals surface area (Å²) in [6.07, 6.45) is 2.03. The van der Waals surface area contributed by atoms with Crippen molar-refractivity contribution in [1.29, 1.82) is 0 Å². The van der Waals surface area contributed by atoms with Gasteiger partial charge in [-0.3, -0.25) is 4.90 Å². The van der Waals surface area contributed by atoms with E-state index in [4.69, 9.17) is 20.9 Å². The fraction of sp³-hybridized carbons (Fsp3) is 0.917. The Morgan fingerprint density at radius 2 is 1.55 bits per heavy atom. The lowest BCUT2D eigenvalue weighted by Crippen LogP contribution is -2.48. The van der Waals surface area contributed by atoms with E-state index in [0.717, 1.165) is 70.7 Å². The van der Waals surface area contributed by atoms with E-state index in [1.54, 1.807) is 0 Å². The summed E-state index contributed by atoms with van der Waals surface area (Å²) < 4.78 is 10.8. The number of nitrogens with two attached hydrogens (primary N) is 2. The molecule has 0 amide bonds. The van der Waals surface area contributed by atoms with E-state index in [9.17, 15) is 0 Å². The van der Waals surface area contributed by atoms with Gasteiger partial charge in [0, 0.05) is 71.6 Å². The highest BCUT2D eigenvalue weighted by Gasteiger charge is 2.16. The lowest BCUT2D eigenvalue weighted by atomic mass is 10.2. The lowest BCUT2D eigenvalue weighted by molar-refractivity contribution is 0.0720. The van der Waals surface area contributed by atoms with Gasteiger partial charge in [0.05, 0.1) is 6.61 Å². The summed E-state index contributed by atoms with van der Waals surface area (Å²) in [7, 11) is 2.14. The van der Waals surface area contributed by atoms with Gasteiger partial charge >= 0.3 is 0 Å². The second-order valence-electron chi connectivity index (χ2n) is 9.17. The largest absolute Gasteiger partial charge is 0.380 e. The summed E-state index contributed by atoms with van der Waals surface area (Å²) in [6.45, 7) is 22.0. The van der Waals surface area contributed by atoms with Crippen molar-refractivity contribution in [3.63, 3.8) is 0 Å². The number of rotatable bonds is 15. The molecule has 0 aromatic heterocycles. The molecule has 7 heteroatoms. The SMILES string of the molecule is CC(C)CN(C)CCCOCC#CN.CC(C)CN1CCN(CCOCCCN)CC1. The van der Waals surface area contributed by atoms with E-state index >= 15 is 0 Å². The van der Waals surface area contributed by atoms with Crippen molar-refractivity contribution >= 4 is 0 Å². The van der Waals surface area contributed by atoms with Crippen LogP contribution in [0.1, 0.15) is 40.5 Å². The summed E-state index contributed by atoms with van der Waals surface area (Å²) in [5.41, 5.74) is 10.4. The third-order valence-corrected chi connectivity index (χ3v) is 4.91. The number of ether oxygens (including phenoxy) is 2. The van der Waals surface area contributed by atoms with Crippen molar-refractivity contribution in [3.05, 3.63) is 0 Å². The number of hydrogen-bond acceptors (Lipinski definition) is 7. The summed E-state index contributed by atoms with van der Waals surface area (Å²) in [4.78, 5) is 7.39. The van der Waals surface area contributed by atoms with Crippen molar-refractivity contribution in [2.24, 2.45) is 23.3 Å². The monoisotopic (exact) mass is 441 g/mol. The molecule has 31 heavy (non-hydrogen) atoms. The minimum Gasteiger partial charge on any atom is -0.380 e. The van der Waals surface area contributed by atoms with E-state index in [1.165, 1.54) is 32.7 Å². The lowest BCUT2D eigenvalue weighted by Gasteiger charge is -2.35. The van der Waals surface area contributed by atoms with Crippen LogP contribution in [-0.4, -0.2) is 107 Å². The van der Waals surface area contributed by atoms with Gasteiger partial charge in [0.2, 0.25) is 0 Å². The fourth-order valence-corrected chi connectivity index (χ4v) is 3.51. The Bertz CT molecular complexity index is 443. The highest BCUT2D eigenvalue weighted by Crippen LogP contribution is 2.05. The molecule has 1 aliphatic heterocycles. The highest BCUT2D eigenvalue weighted by atomic mass is 16.5. The highest BCUT2D eigenvalue weighted by molar-refractivity contribution is 4.93. The van der Waals surface area contributed by atoms with Crippen LogP contribution in [0.25, 0.3) is 0 Å². The molecule has 0 saturated carbocycles. The number of nitrogens with zero attached hydrogens (tertiary/aromatic N) is 3. The molecule has 184 valence electrons. The molecule has 0 bridgehead atoms. The van der Waals surface area contributed by atoms with Gasteiger partial charge in [0.1, 0.15) is 6.61 Å². The first kappa shape index (κ1) is 30.1. The summed E-state index contributed by atoms with van der Waals surface area (Å²) in [5.74, 6) is 4.17. The molecule has 0 spiro atoms.